The molecule has 9 heteroatoms. The Balaban J connectivity index is 2.08. The van der Waals surface area contributed by atoms with Gasteiger partial charge in [0.05, 0.1) is 4.92 Å². The summed E-state index contributed by atoms with van der Waals surface area (Å²) in [6.07, 6.45) is 2.27. The third kappa shape index (κ3) is 3.02. The van der Waals surface area contributed by atoms with Crippen molar-refractivity contribution in [2.45, 2.75) is 18.9 Å². The summed E-state index contributed by atoms with van der Waals surface area (Å²) in [5.74, 6) is -0.690. The van der Waals surface area contributed by atoms with Gasteiger partial charge in [0.1, 0.15) is 5.56 Å². The summed E-state index contributed by atoms with van der Waals surface area (Å²) in [4.78, 5) is 36.7. The highest BCUT2D eigenvalue weighted by Gasteiger charge is 2.26. The van der Waals surface area contributed by atoms with E-state index in [2.05, 4.69) is 15.6 Å². The molecular formula is C11H11ClN4O4. The number of hydrogen-bond acceptors (Lipinski definition) is 5. The van der Waals surface area contributed by atoms with Crippen molar-refractivity contribution in [2.24, 2.45) is 0 Å². The van der Waals surface area contributed by atoms with Crippen LogP contribution in [0.15, 0.2) is 12.3 Å². The van der Waals surface area contributed by atoms with Crippen molar-refractivity contribution in [1.29, 1.82) is 0 Å². The van der Waals surface area contributed by atoms with E-state index in [1.807, 2.05) is 0 Å². The summed E-state index contributed by atoms with van der Waals surface area (Å²) in [5.41, 5.74) is -0.679. The molecule has 1 aliphatic heterocycles. The predicted molar refractivity (Wildman–Crippen MR) is 69.4 cm³/mol. The largest absolute Gasteiger partial charge is 0.352 e. The molecule has 0 radical (unpaired) electrons. The minimum Gasteiger partial charge on any atom is -0.352 e. The zero-order chi connectivity index (χ0) is 14.7. The molecule has 0 saturated carbocycles. The number of carbonyl (C=O) groups excluding carboxylic acids is 2. The highest BCUT2D eigenvalue weighted by Crippen LogP contribution is 2.25. The van der Waals surface area contributed by atoms with Gasteiger partial charge < -0.3 is 10.6 Å². The van der Waals surface area contributed by atoms with Crippen molar-refractivity contribution < 1.29 is 14.5 Å². The molecule has 1 aliphatic rings. The van der Waals surface area contributed by atoms with E-state index in [4.69, 9.17) is 11.6 Å². The van der Waals surface area contributed by atoms with Gasteiger partial charge in [0.25, 0.3) is 5.91 Å². The lowest BCUT2D eigenvalue weighted by Crippen LogP contribution is -2.38. The molecule has 1 aromatic rings. The molecule has 2 rings (SSSR count). The van der Waals surface area contributed by atoms with Crippen molar-refractivity contribution in [3.8, 4) is 0 Å². The smallest absolute Gasteiger partial charge is 0.319 e. The van der Waals surface area contributed by atoms with Crippen LogP contribution in [0.25, 0.3) is 0 Å². The van der Waals surface area contributed by atoms with E-state index in [0.717, 1.165) is 0 Å². The van der Waals surface area contributed by atoms with Crippen LogP contribution in [0.3, 0.4) is 0 Å². The molecule has 1 atom stereocenters. The number of nitrogens with one attached hydrogen (secondary N) is 2. The molecule has 2 N–H and O–H groups in total. The Bertz CT molecular complexity index is 578. The van der Waals surface area contributed by atoms with E-state index in [1.54, 1.807) is 0 Å². The van der Waals surface area contributed by atoms with Gasteiger partial charge in [-0.1, -0.05) is 11.6 Å². The van der Waals surface area contributed by atoms with E-state index in [-0.39, 0.29) is 29.2 Å². The van der Waals surface area contributed by atoms with E-state index < -0.39 is 16.5 Å². The lowest BCUT2D eigenvalue weighted by atomic mass is 10.2. The molecule has 1 aromatic heterocycles. The maximum absolute atomic E-state index is 11.9. The number of rotatable bonds is 4. The molecule has 20 heavy (non-hydrogen) atoms. The number of halogens is 1. The van der Waals surface area contributed by atoms with Crippen LogP contribution in [0, 0.1) is 10.1 Å². The fraction of sp³-hybridized carbons (Fsp3) is 0.364. The Morgan fingerprint density at radius 3 is 3.00 bits per heavy atom. The van der Waals surface area contributed by atoms with Gasteiger partial charge in [-0.15, -0.1) is 0 Å². The summed E-state index contributed by atoms with van der Waals surface area (Å²) in [6.45, 7) is 0.210. The summed E-state index contributed by atoms with van der Waals surface area (Å²) >= 11 is 5.63. The number of pyridine rings is 1. The molecule has 8 nitrogen and oxygen atoms in total. The molecule has 1 saturated heterocycles. The quantitative estimate of drug-likeness (QED) is 0.481. The van der Waals surface area contributed by atoms with Gasteiger partial charge in [-0.25, -0.2) is 4.98 Å². The summed E-state index contributed by atoms with van der Waals surface area (Å²) < 4.78 is 0. The Morgan fingerprint density at radius 1 is 1.65 bits per heavy atom. The lowest BCUT2D eigenvalue weighted by Gasteiger charge is -2.11. The van der Waals surface area contributed by atoms with Crippen LogP contribution in [-0.4, -0.2) is 34.3 Å². The molecular weight excluding hydrogens is 288 g/mol. The average molecular weight is 299 g/mol. The number of carbonyl (C=O) groups is 2. The van der Waals surface area contributed by atoms with E-state index in [9.17, 15) is 19.7 Å². The SMILES string of the molecule is O=C1CCC(CNC(=O)c2ccnc(Cl)c2[N+](=O)[O-])N1. The van der Waals surface area contributed by atoms with Crippen molar-refractivity contribution >= 4 is 29.1 Å². The fourth-order valence-corrected chi connectivity index (χ4v) is 2.15. The van der Waals surface area contributed by atoms with Gasteiger partial charge in [0.15, 0.2) is 0 Å². The number of aromatic nitrogens is 1. The molecule has 0 spiro atoms. The molecule has 1 fully saturated rings. The molecule has 0 aromatic carbocycles. The molecule has 0 aliphatic carbocycles. The number of amides is 2. The predicted octanol–water partition coefficient (Wildman–Crippen LogP) is 0.652. The first-order valence-electron chi connectivity index (χ1n) is 5.85. The standard InChI is InChI=1S/C11H11ClN4O4/c12-10-9(16(19)20)7(3-4-13-10)11(18)14-5-6-1-2-8(17)15-6/h3-4,6H,1-2,5H2,(H,14,18)(H,15,17). The average Bonchev–Trinajstić information content (AvgIpc) is 2.81. The Labute approximate surface area is 118 Å². The van der Waals surface area contributed by atoms with Gasteiger partial charge in [0.2, 0.25) is 11.1 Å². The van der Waals surface area contributed by atoms with Gasteiger partial charge in [-0.05, 0) is 12.5 Å². The molecule has 1 unspecified atom stereocenters. The highest BCUT2D eigenvalue weighted by molar-refractivity contribution is 6.32. The molecule has 0 bridgehead atoms. The molecule has 2 amide bonds. The van der Waals surface area contributed by atoms with Gasteiger partial charge in [-0.2, -0.15) is 0 Å². The summed E-state index contributed by atoms with van der Waals surface area (Å²) in [6, 6.07) is 1.08. The zero-order valence-electron chi connectivity index (χ0n) is 10.3. The first kappa shape index (κ1) is 14.2. The number of hydrogen-bond donors (Lipinski definition) is 2. The monoisotopic (exact) mass is 298 g/mol. The van der Waals surface area contributed by atoms with Gasteiger partial charge in [-0.3, -0.25) is 19.7 Å². The van der Waals surface area contributed by atoms with Crippen LogP contribution < -0.4 is 10.6 Å². The minimum absolute atomic E-state index is 0.0674. The summed E-state index contributed by atoms with van der Waals surface area (Å²) in [7, 11) is 0. The van der Waals surface area contributed by atoms with E-state index in [0.29, 0.717) is 12.8 Å². The Kier molecular flexibility index (Phi) is 4.14. The van der Waals surface area contributed by atoms with Crippen LogP contribution in [0.2, 0.25) is 5.15 Å². The van der Waals surface area contributed by atoms with E-state index in [1.165, 1.54) is 12.3 Å². The van der Waals surface area contributed by atoms with Gasteiger partial charge >= 0.3 is 5.69 Å². The Hall–Kier alpha value is -2.22. The van der Waals surface area contributed by atoms with E-state index >= 15 is 0 Å². The highest BCUT2D eigenvalue weighted by atomic mass is 35.5. The van der Waals surface area contributed by atoms with Crippen LogP contribution in [0.4, 0.5) is 5.69 Å². The second-order valence-corrected chi connectivity index (χ2v) is 4.63. The lowest BCUT2D eigenvalue weighted by molar-refractivity contribution is -0.385. The van der Waals surface area contributed by atoms with Crippen LogP contribution in [0.1, 0.15) is 23.2 Å². The molecule has 106 valence electrons. The van der Waals surface area contributed by atoms with Crippen molar-refractivity contribution in [1.82, 2.24) is 15.6 Å². The fourth-order valence-electron chi connectivity index (χ4n) is 1.93. The first-order valence-corrected chi connectivity index (χ1v) is 6.23. The van der Waals surface area contributed by atoms with Crippen LogP contribution in [0.5, 0.6) is 0 Å². The maximum Gasteiger partial charge on any atom is 0.319 e. The van der Waals surface area contributed by atoms with Gasteiger partial charge in [0, 0.05) is 25.2 Å². The van der Waals surface area contributed by atoms with Crippen molar-refractivity contribution in [3.63, 3.8) is 0 Å². The second kappa shape index (κ2) is 5.83. The zero-order valence-corrected chi connectivity index (χ0v) is 11.0. The number of nitro groups is 1. The topological polar surface area (TPSA) is 114 Å². The molecule has 2 heterocycles. The van der Waals surface area contributed by atoms with Crippen molar-refractivity contribution in [2.75, 3.05) is 6.54 Å². The van der Waals surface area contributed by atoms with Crippen LogP contribution in [-0.2, 0) is 4.79 Å². The number of nitrogens with zero attached hydrogens (tertiary/aromatic N) is 2. The minimum atomic E-state index is -0.748. The normalized spacial score (nSPS) is 17.6. The Morgan fingerprint density at radius 2 is 2.40 bits per heavy atom. The first-order chi connectivity index (χ1) is 9.49. The maximum atomic E-state index is 11.9. The third-order valence-corrected chi connectivity index (χ3v) is 3.18. The summed E-state index contributed by atoms with van der Waals surface area (Å²) in [5, 5.41) is 15.8. The second-order valence-electron chi connectivity index (χ2n) is 4.27. The third-order valence-electron chi connectivity index (χ3n) is 2.90. The van der Waals surface area contributed by atoms with Crippen LogP contribution >= 0.6 is 11.6 Å². The van der Waals surface area contributed by atoms with Crippen molar-refractivity contribution in [3.05, 3.63) is 33.1 Å².